The molecule has 100 valence electrons. The van der Waals surface area contributed by atoms with Crippen molar-refractivity contribution in [3.05, 3.63) is 0 Å². The van der Waals surface area contributed by atoms with Crippen molar-refractivity contribution in [1.82, 2.24) is 15.1 Å². The van der Waals surface area contributed by atoms with Gasteiger partial charge in [0.25, 0.3) is 0 Å². The molecular formula is C11H23N3O3. The molecule has 0 aromatic heterocycles. The Morgan fingerprint density at radius 2 is 1.82 bits per heavy atom. The topological polar surface area (TPSA) is 72.9 Å². The first-order chi connectivity index (χ1) is 7.88. The molecule has 2 N–H and O–H groups in total. The first kappa shape index (κ1) is 15.7. The number of amides is 2. The molecule has 0 radical (unpaired) electrons. The van der Waals surface area contributed by atoms with E-state index < -0.39 is 11.9 Å². The molecule has 2 amide bonds. The Morgan fingerprint density at radius 3 is 2.24 bits per heavy atom. The second-order valence-corrected chi connectivity index (χ2v) is 4.35. The lowest BCUT2D eigenvalue weighted by Gasteiger charge is -2.21. The zero-order valence-electron chi connectivity index (χ0n) is 11.1. The molecule has 6 heteroatoms. The normalized spacial score (nSPS) is 12.3. The molecule has 0 aliphatic heterocycles. The molecule has 1 unspecified atom stereocenters. The average molecular weight is 245 g/mol. The first-order valence-corrected chi connectivity index (χ1v) is 5.75. The molecule has 0 saturated carbocycles. The number of nitrogens with zero attached hydrogens (tertiary/aromatic N) is 2. The van der Waals surface area contributed by atoms with Gasteiger partial charge in [-0.2, -0.15) is 0 Å². The Bertz CT molecular complexity index is 256. The molecule has 0 saturated heterocycles. The van der Waals surface area contributed by atoms with Crippen molar-refractivity contribution in [3.8, 4) is 0 Å². The summed E-state index contributed by atoms with van der Waals surface area (Å²) >= 11 is 0. The van der Waals surface area contributed by atoms with Crippen molar-refractivity contribution in [2.45, 2.75) is 13.3 Å². The maximum Gasteiger partial charge on any atom is 0.317 e. The maximum absolute atomic E-state index is 11.6. The van der Waals surface area contributed by atoms with Crippen LogP contribution in [-0.2, 0) is 4.79 Å². The molecule has 0 spiro atoms. The Hall–Kier alpha value is -1.30. The summed E-state index contributed by atoms with van der Waals surface area (Å²) < 4.78 is 0. The van der Waals surface area contributed by atoms with Crippen LogP contribution in [0.25, 0.3) is 0 Å². The number of aliphatic carboxylic acids is 1. The van der Waals surface area contributed by atoms with Gasteiger partial charge in [0, 0.05) is 26.7 Å². The minimum absolute atomic E-state index is 0.178. The van der Waals surface area contributed by atoms with Gasteiger partial charge in [-0.15, -0.1) is 0 Å². The monoisotopic (exact) mass is 245 g/mol. The summed E-state index contributed by atoms with van der Waals surface area (Å²) in [6, 6.07) is -0.230. The fourth-order valence-electron chi connectivity index (χ4n) is 1.20. The van der Waals surface area contributed by atoms with E-state index in [1.165, 1.54) is 0 Å². The molecule has 0 heterocycles. The van der Waals surface area contributed by atoms with E-state index in [4.69, 9.17) is 5.11 Å². The third-order valence-electron chi connectivity index (χ3n) is 2.57. The zero-order valence-corrected chi connectivity index (χ0v) is 11.1. The highest BCUT2D eigenvalue weighted by atomic mass is 16.4. The van der Waals surface area contributed by atoms with E-state index in [9.17, 15) is 9.59 Å². The van der Waals surface area contributed by atoms with Gasteiger partial charge in [-0.3, -0.25) is 4.79 Å². The van der Waals surface area contributed by atoms with Crippen molar-refractivity contribution < 1.29 is 14.7 Å². The number of rotatable bonds is 7. The number of hydrogen-bond acceptors (Lipinski definition) is 3. The van der Waals surface area contributed by atoms with Gasteiger partial charge in [-0.25, -0.2) is 4.79 Å². The van der Waals surface area contributed by atoms with Gasteiger partial charge in [0.05, 0.1) is 5.92 Å². The van der Waals surface area contributed by atoms with Gasteiger partial charge < -0.3 is 20.2 Å². The van der Waals surface area contributed by atoms with Crippen molar-refractivity contribution in [3.63, 3.8) is 0 Å². The second kappa shape index (κ2) is 7.89. The van der Waals surface area contributed by atoms with Gasteiger partial charge in [0.2, 0.25) is 0 Å². The highest BCUT2D eigenvalue weighted by Crippen LogP contribution is 2.00. The summed E-state index contributed by atoms with van der Waals surface area (Å²) in [5.74, 6) is -1.38. The van der Waals surface area contributed by atoms with Gasteiger partial charge in [0.15, 0.2) is 0 Å². The quantitative estimate of drug-likeness (QED) is 0.676. The summed E-state index contributed by atoms with van der Waals surface area (Å²) in [4.78, 5) is 25.9. The number of hydrogen-bond donors (Lipinski definition) is 2. The molecule has 17 heavy (non-hydrogen) atoms. The molecule has 0 bridgehead atoms. The number of nitrogens with one attached hydrogen (secondary N) is 1. The van der Waals surface area contributed by atoms with Crippen LogP contribution < -0.4 is 5.32 Å². The molecule has 0 rings (SSSR count). The summed E-state index contributed by atoms with van der Waals surface area (Å²) in [5.41, 5.74) is 0. The minimum atomic E-state index is -0.872. The van der Waals surface area contributed by atoms with Crippen molar-refractivity contribution in [2.24, 2.45) is 5.92 Å². The summed E-state index contributed by atoms with van der Waals surface area (Å²) in [6.07, 6.45) is 0.511. The molecule has 6 nitrogen and oxygen atoms in total. The van der Waals surface area contributed by atoms with Crippen LogP contribution >= 0.6 is 0 Å². The molecule has 0 aromatic rings. The van der Waals surface area contributed by atoms with Crippen molar-refractivity contribution >= 4 is 12.0 Å². The lowest BCUT2D eigenvalue weighted by molar-refractivity contribution is -0.141. The molecule has 0 aliphatic carbocycles. The van der Waals surface area contributed by atoms with Crippen LogP contribution in [0.5, 0.6) is 0 Å². The Kier molecular flexibility index (Phi) is 7.29. The summed E-state index contributed by atoms with van der Waals surface area (Å²) in [6.45, 7) is 3.36. The fraction of sp³-hybridized carbons (Fsp3) is 0.818. The predicted molar refractivity (Wildman–Crippen MR) is 66.0 cm³/mol. The van der Waals surface area contributed by atoms with Crippen LogP contribution in [0.3, 0.4) is 0 Å². The van der Waals surface area contributed by atoms with Crippen LogP contribution in [-0.4, -0.2) is 67.7 Å². The Balaban J connectivity index is 3.95. The van der Waals surface area contributed by atoms with Crippen LogP contribution in [0.15, 0.2) is 0 Å². The smallest absolute Gasteiger partial charge is 0.317 e. The summed E-state index contributed by atoms with van der Waals surface area (Å²) in [5, 5.41) is 11.5. The van der Waals surface area contributed by atoms with E-state index in [1.807, 2.05) is 19.0 Å². The number of likely N-dealkylation sites (N-methyl/N-ethyl adjacent to an activating group) is 2. The van der Waals surface area contributed by atoms with Crippen molar-refractivity contribution in [1.29, 1.82) is 0 Å². The van der Waals surface area contributed by atoms with E-state index in [0.717, 1.165) is 6.54 Å². The lowest BCUT2D eigenvalue weighted by Crippen LogP contribution is -2.43. The molecule has 0 fully saturated rings. The highest BCUT2D eigenvalue weighted by molar-refractivity contribution is 5.75. The Morgan fingerprint density at radius 1 is 1.24 bits per heavy atom. The molecule has 0 aliphatic rings. The average Bonchev–Trinajstić information content (AvgIpc) is 2.25. The third-order valence-corrected chi connectivity index (χ3v) is 2.57. The number of carboxylic acids is 1. The second-order valence-electron chi connectivity index (χ2n) is 4.35. The minimum Gasteiger partial charge on any atom is -0.481 e. The maximum atomic E-state index is 11.6. The number of urea groups is 1. The van der Waals surface area contributed by atoms with Crippen molar-refractivity contribution in [2.75, 3.05) is 40.8 Å². The number of carbonyl (C=O) groups excluding carboxylic acids is 1. The van der Waals surface area contributed by atoms with Crippen LogP contribution in [0, 0.1) is 5.92 Å². The van der Waals surface area contributed by atoms with Gasteiger partial charge in [-0.05, 0) is 20.5 Å². The van der Waals surface area contributed by atoms with Crippen LogP contribution in [0.2, 0.25) is 0 Å². The summed E-state index contributed by atoms with van der Waals surface area (Å²) in [7, 11) is 5.56. The largest absolute Gasteiger partial charge is 0.481 e. The van der Waals surface area contributed by atoms with Gasteiger partial charge in [0.1, 0.15) is 0 Å². The van der Waals surface area contributed by atoms with E-state index in [1.54, 1.807) is 18.9 Å². The van der Waals surface area contributed by atoms with E-state index in [2.05, 4.69) is 5.32 Å². The molecule has 1 atom stereocenters. The van der Waals surface area contributed by atoms with Crippen LogP contribution in [0.4, 0.5) is 4.79 Å². The zero-order chi connectivity index (χ0) is 13.4. The van der Waals surface area contributed by atoms with Crippen LogP contribution in [0.1, 0.15) is 13.3 Å². The fourth-order valence-corrected chi connectivity index (χ4v) is 1.20. The van der Waals surface area contributed by atoms with Gasteiger partial charge in [-0.1, -0.05) is 6.92 Å². The van der Waals surface area contributed by atoms with Gasteiger partial charge >= 0.3 is 12.0 Å². The third kappa shape index (κ3) is 6.78. The van der Waals surface area contributed by atoms with E-state index in [0.29, 0.717) is 13.0 Å². The molecular weight excluding hydrogens is 222 g/mol. The predicted octanol–water partition coefficient (Wildman–Crippen LogP) is 0.300. The number of carbonyl (C=O) groups is 2. The Labute approximate surface area is 103 Å². The SMILES string of the molecule is CCC(CNC(=O)N(C)CCN(C)C)C(=O)O. The first-order valence-electron chi connectivity index (χ1n) is 5.75. The van der Waals surface area contributed by atoms with E-state index >= 15 is 0 Å². The number of carboxylic acid groups (broad SMARTS) is 1. The lowest BCUT2D eigenvalue weighted by atomic mass is 10.1. The highest BCUT2D eigenvalue weighted by Gasteiger charge is 2.17. The molecule has 0 aromatic carbocycles. The standard InChI is InChI=1S/C11H23N3O3/c1-5-9(10(15)16)8-12-11(17)14(4)7-6-13(2)3/h9H,5-8H2,1-4H3,(H,12,17)(H,15,16). The van der Waals surface area contributed by atoms with E-state index in [-0.39, 0.29) is 12.6 Å².